The van der Waals surface area contributed by atoms with Crippen LogP contribution in [0, 0.1) is 0 Å². The van der Waals surface area contributed by atoms with Crippen molar-refractivity contribution in [3.63, 3.8) is 0 Å². The average molecular weight is 256 g/mol. The largest absolute Gasteiger partial charge is 0.481 e. The van der Waals surface area contributed by atoms with E-state index in [1.54, 1.807) is 6.07 Å². The smallest absolute Gasteiger partial charge is 0.337 e. The van der Waals surface area contributed by atoms with Gasteiger partial charge in [0.25, 0.3) is 0 Å². The van der Waals surface area contributed by atoms with Crippen molar-refractivity contribution in [2.45, 2.75) is 23.8 Å². The van der Waals surface area contributed by atoms with Gasteiger partial charge in [-0.1, -0.05) is 12.1 Å². The summed E-state index contributed by atoms with van der Waals surface area (Å²) in [6, 6.07) is 4.46. The number of thiol groups is 1. The monoisotopic (exact) mass is 256 g/mol. The summed E-state index contributed by atoms with van der Waals surface area (Å²) in [5, 5.41) is 26.5. The van der Waals surface area contributed by atoms with E-state index in [1.807, 2.05) is 0 Å². The highest BCUT2D eigenvalue weighted by molar-refractivity contribution is 7.80. The summed E-state index contributed by atoms with van der Waals surface area (Å²) < 4.78 is 0. The standard InChI is InChI=1S/C11H12O5S/c12-9(13)4-3-6-1-2-7(5-8(6)17)10(14)11(15)16/h1-2,5,10,14,17H,3-4H2,(H,12,13)(H,15,16). The van der Waals surface area contributed by atoms with Crippen LogP contribution in [0.4, 0.5) is 0 Å². The summed E-state index contributed by atoms with van der Waals surface area (Å²) in [6.45, 7) is 0. The van der Waals surface area contributed by atoms with Crippen molar-refractivity contribution < 1.29 is 24.9 Å². The third-order valence-corrected chi connectivity index (χ3v) is 2.68. The van der Waals surface area contributed by atoms with E-state index in [-0.39, 0.29) is 12.0 Å². The molecule has 0 amide bonds. The number of rotatable bonds is 5. The molecule has 1 rings (SSSR count). The first-order valence-corrected chi connectivity index (χ1v) is 5.31. The number of benzene rings is 1. The third-order valence-electron chi connectivity index (χ3n) is 2.27. The van der Waals surface area contributed by atoms with Gasteiger partial charge in [0.05, 0.1) is 0 Å². The van der Waals surface area contributed by atoms with E-state index in [4.69, 9.17) is 10.2 Å². The molecule has 1 atom stereocenters. The van der Waals surface area contributed by atoms with Gasteiger partial charge in [0.1, 0.15) is 0 Å². The Morgan fingerprint density at radius 1 is 1.29 bits per heavy atom. The zero-order chi connectivity index (χ0) is 13.0. The summed E-state index contributed by atoms with van der Waals surface area (Å²) in [7, 11) is 0. The highest BCUT2D eigenvalue weighted by Gasteiger charge is 2.16. The van der Waals surface area contributed by atoms with Gasteiger partial charge in [-0.3, -0.25) is 4.79 Å². The molecular formula is C11H12O5S. The maximum atomic E-state index is 10.6. The van der Waals surface area contributed by atoms with Crippen molar-refractivity contribution in [3.05, 3.63) is 29.3 Å². The molecule has 0 aromatic heterocycles. The van der Waals surface area contributed by atoms with Gasteiger partial charge in [0, 0.05) is 11.3 Å². The van der Waals surface area contributed by atoms with Gasteiger partial charge >= 0.3 is 11.9 Å². The topological polar surface area (TPSA) is 94.8 Å². The highest BCUT2D eigenvalue weighted by atomic mass is 32.1. The quantitative estimate of drug-likeness (QED) is 0.592. The average Bonchev–Trinajstić information content (AvgIpc) is 2.26. The second kappa shape index (κ2) is 5.70. The molecule has 0 bridgehead atoms. The molecule has 17 heavy (non-hydrogen) atoms. The Balaban J connectivity index is 2.86. The van der Waals surface area contributed by atoms with Crippen LogP contribution in [0.15, 0.2) is 23.1 Å². The molecular weight excluding hydrogens is 244 g/mol. The molecule has 0 fully saturated rings. The molecule has 0 aliphatic heterocycles. The first-order chi connectivity index (χ1) is 7.91. The van der Waals surface area contributed by atoms with Crippen molar-refractivity contribution in [1.29, 1.82) is 0 Å². The lowest BCUT2D eigenvalue weighted by Gasteiger charge is -2.09. The van der Waals surface area contributed by atoms with Crippen LogP contribution in [-0.2, 0) is 16.0 Å². The van der Waals surface area contributed by atoms with Crippen LogP contribution in [0.5, 0.6) is 0 Å². The van der Waals surface area contributed by atoms with Crippen LogP contribution in [-0.4, -0.2) is 27.3 Å². The van der Waals surface area contributed by atoms with Gasteiger partial charge < -0.3 is 15.3 Å². The van der Waals surface area contributed by atoms with Gasteiger partial charge in [-0.2, -0.15) is 0 Å². The second-order valence-corrected chi connectivity index (χ2v) is 4.00. The summed E-state index contributed by atoms with van der Waals surface area (Å²) >= 11 is 4.14. The van der Waals surface area contributed by atoms with Crippen LogP contribution < -0.4 is 0 Å². The summed E-state index contributed by atoms with van der Waals surface area (Å²) in [5.74, 6) is -2.25. The van der Waals surface area contributed by atoms with E-state index in [9.17, 15) is 14.7 Å². The molecule has 3 N–H and O–H groups in total. The summed E-state index contributed by atoms with van der Waals surface area (Å²) in [6.07, 6.45) is -1.29. The van der Waals surface area contributed by atoms with E-state index in [1.165, 1.54) is 12.1 Å². The fraction of sp³-hybridized carbons (Fsp3) is 0.273. The minimum atomic E-state index is -1.59. The second-order valence-electron chi connectivity index (χ2n) is 3.52. The van der Waals surface area contributed by atoms with E-state index in [0.717, 1.165) is 0 Å². The van der Waals surface area contributed by atoms with Crippen molar-refractivity contribution in [2.75, 3.05) is 0 Å². The molecule has 0 saturated heterocycles. The number of hydrogen-bond acceptors (Lipinski definition) is 4. The predicted octanol–water partition coefficient (Wildman–Crippen LogP) is 1.11. The summed E-state index contributed by atoms with van der Waals surface area (Å²) in [4.78, 5) is 21.4. The predicted molar refractivity (Wildman–Crippen MR) is 62.2 cm³/mol. The Kier molecular flexibility index (Phi) is 4.53. The maximum absolute atomic E-state index is 10.6. The molecule has 1 unspecified atom stereocenters. The van der Waals surface area contributed by atoms with Crippen LogP contribution >= 0.6 is 12.6 Å². The zero-order valence-electron chi connectivity index (χ0n) is 8.83. The number of carbonyl (C=O) groups is 2. The van der Waals surface area contributed by atoms with Crippen LogP contribution in [0.1, 0.15) is 23.7 Å². The zero-order valence-corrected chi connectivity index (χ0v) is 9.72. The number of aryl methyl sites for hydroxylation is 1. The van der Waals surface area contributed by atoms with Gasteiger partial charge in [-0.25, -0.2) is 4.79 Å². The minimum Gasteiger partial charge on any atom is -0.481 e. The number of aliphatic hydroxyl groups is 1. The number of carboxylic acids is 2. The van der Waals surface area contributed by atoms with Crippen LogP contribution in [0.2, 0.25) is 0 Å². The molecule has 1 aromatic rings. The Labute approximate surface area is 103 Å². The molecule has 5 nitrogen and oxygen atoms in total. The number of aliphatic carboxylic acids is 2. The minimum absolute atomic E-state index is 0.0195. The van der Waals surface area contributed by atoms with Gasteiger partial charge in [-0.05, 0) is 23.6 Å². The van der Waals surface area contributed by atoms with Gasteiger partial charge in [0.2, 0.25) is 0 Å². The first kappa shape index (κ1) is 13.5. The molecule has 0 saturated carbocycles. The molecule has 0 heterocycles. The lowest BCUT2D eigenvalue weighted by atomic mass is 10.0. The molecule has 1 aromatic carbocycles. The number of carboxylic acid groups (broad SMARTS) is 2. The fourth-order valence-electron chi connectivity index (χ4n) is 1.35. The van der Waals surface area contributed by atoms with E-state index >= 15 is 0 Å². The van der Waals surface area contributed by atoms with E-state index in [0.29, 0.717) is 16.9 Å². The molecule has 92 valence electrons. The SMILES string of the molecule is O=C(O)CCc1ccc(C(O)C(=O)O)cc1S. The Hall–Kier alpha value is -1.53. The number of aliphatic hydroxyl groups excluding tert-OH is 1. The molecule has 0 aliphatic rings. The Morgan fingerprint density at radius 2 is 1.94 bits per heavy atom. The Morgan fingerprint density at radius 3 is 2.41 bits per heavy atom. The van der Waals surface area contributed by atoms with Crippen molar-refractivity contribution >= 4 is 24.6 Å². The third kappa shape index (κ3) is 3.76. The molecule has 6 heteroatoms. The first-order valence-electron chi connectivity index (χ1n) is 4.86. The fourth-order valence-corrected chi connectivity index (χ4v) is 1.68. The van der Waals surface area contributed by atoms with E-state index < -0.39 is 18.0 Å². The van der Waals surface area contributed by atoms with E-state index in [2.05, 4.69) is 12.6 Å². The molecule has 0 radical (unpaired) electrons. The van der Waals surface area contributed by atoms with Gasteiger partial charge in [-0.15, -0.1) is 12.6 Å². The maximum Gasteiger partial charge on any atom is 0.337 e. The lowest BCUT2D eigenvalue weighted by molar-refractivity contribution is -0.147. The molecule has 0 aliphatic carbocycles. The highest BCUT2D eigenvalue weighted by Crippen LogP contribution is 2.22. The van der Waals surface area contributed by atoms with Gasteiger partial charge in [0.15, 0.2) is 6.10 Å². The van der Waals surface area contributed by atoms with Crippen LogP contribution in [0.3, 0.4) is 0 Å². The number of hydrogen-bond donors (Lipinski definition) is 4. The van der Waals surface area contributed by atoms with Crippen molar-refractivity contribution in [2.24, 2.45) is 0 Å². The lowest BCUT2D eigenvalue weighted by Crippen LogP contribution is -2.10. The Bertz CT molecular complexity index is 443. The van der Waals surface area contributed by atoms with Crippen molar-refractivity contribution in [1.82, 2.24) is 0 Å². The van der Waals surface area contributed by atoms with Crippen molar-refractivity contribution in [3.8, 4) is 0 Å². The normalized spacial score (nSPS) is 12.1. The summed E-state index contributed by atoms with van der Waals surface area (Å²) in [5.41, 5.74) is 0.929. The molecule has 0 spiro atoms. The van der Waals surface area contributed by atoms with Crippen LogP contribution in [0.25, 0.3) is 0 Å².